The summed E-state index contributed by atoms with van der Waals surface area (Å²) in [5.74, 6) is -18.5. The van der Waals surface area contributed by atoms with Crippen molar-refractivity contribution in [3.63, 3.8) is 0 Å². The molecule has 0 saturated heterocycles. The third-order valence-electron chi connectivity index (χ3n) is 8.66. The molecule has 0 radical (unpaired) electrons. The zero-order chi connectivity index (χ0) is 35.2. The minimum Gasteiger partial charge on any atom is -0.478 e. The Morgan fingerprint density at radius 2 is 0.604 bits per heavy atom. The van der Waals surface area contributed by atoms with E-state index in [1.54, 1.807) is 0 Å². The van der Waals surface area contributed by atoms with Crippen LogP contribution in [0, 0.1) is 23.3 Å². The molecular formula is C34H24F4O10. The summed E-state index contributed by atoms with van der Waals surface area (Å²) in [5, 5.41) is 64.0. The number of rotatable bonds is 8. The Balaban J connectivity index is 2.02. The average Bonchev–Trinajstić information content (AvgIpc) is 3.01. The molecule has 0 aromatic heterocycles. The quantitative estimate of drug-likeness (QED) is 0.136. The van der Waals surface area contributed by atoms with Crippen LogP contribution in [0.25, 0.3) is 0 Å². The minimum atomic E-state index is -2.26. The van der Waals surface area contributed by atoms with Crippen LogP contribution < -0.4 is 0 Å². The summed E-state index contributed by atoms with van der Waals surface area (Å²) in [5.41, 5.74) is -4.82. The number of hydrogen-bond acceptors (Lipinski definition) is 6. The van der Waals surface area contributed by atoms with E-state index in [-0.39, 0.29) is 0 Å². The zero-order valence-corrected chi connectivity index (χ0v) is 24.2. The Labute approximate surface area is 267 Å². The van der Waals surface area contributed by atoms with Crippen LogP contribution in [0.2, 0.25) is 0 Å². The molecule has 10 nitrogen and oxygen atoms in total. The fourth-order valence-electron chi connectivity index (χ4n) is 6.84. The van der Waals surface area contributed by atoms with E-state index in [1.807, 2.05) is 0 Å². The first-order chi connectivity index (χ1) is 22.6. The first kappa shape index (κ1) is 33.8. The Morgan fingerprint density at radius 1 is 0.396 bits per heavy atom. The van der Waals surface area contributed by atoms with Gasteiger partial charge in [-0.25, -0.2) is 36.7 Å². The van der Waals surface area contributed by atoms with Gasteiger partial charge in [-0.3, -0.25) is 0 Å². The van der Waals surface area contributed by atoms with Gasteiger partial charge in [-0.1, -0.05) is 0 Å². The number of carbonyl (C=O) groups is 4. The van der Waals surface area contributed by atoms with Gasteiger partial charge in [-0.15, -0.1) is 0 Å². The van der Waals surface area contributed by atoms with Gasteiger partial charge in [0.15, 0.2) is 0 Å². The molecule has 5 rings (SSSR count). The summed E-state index contributed by atoms with van der Waals surface area (Å²) in [6.45, 7) is 0. The van der Waals surface area contributed by atoms with Gasteiger partial charge in [0.05, 0.1) is 34.5 Å². The maximum Gasteiger partial charge on any atom is 0.335 e. The number of aromatic carboxylic acids is 4. The summed E-state index contributed by atoms with van der Waals surface area (Å²) in [6.07, 6.45) is -4.51. The summed E-state index contributed by atoms with van der Waals surface area (Å²) in [4.78, 5) is 49.8. The SMILES string of the molecule is O=C(O)c1ccc(F)cc1[C@@H]1[C@H](c2cc(F)ccc2C(=O)O)[C@H](c2cc(F)ccc2C(=O)O)[C@H](O)[C@H](O)[C@@H]1c1cc(F)ccc1C(=O)O. The van der Waals surface area contributed by atoms with E-state index >= 15 is 8.78 Å². The monoisotopic (exact) mass is 668 g/mol. The number of aliphatic hydroxyl groups excluding tert-OH is 2. The van der Waals surface area contributed by atoms with Crippen LogP contribution in [0.3, 0.4) is 0 Å². The highest BCUT2D eigenvalue weighted by molar-refractivity contribution is 5.93. The van der Waals surface area contributed by atoms with Crippen molar-refractivity contribution in [1.82, 2.24) is 0 Å². The Morgan fingerprint density at radius 3 is 0.812 bits per heavy atom. The lowest BCUT2D eigenvalue weighted by Gasteiger charge is -2.50. The van der Waals surface area contributed by atoms with Gasteiger partial charge in [-0.05, 0) is 95.1 Å². The Hall–Kier alpha value is -5.60. The number of hydrogen-bond donors (Lipinski definition) is 6. The van der Waals surface area contributed by atoms with Crippen LogP contribution in [0.4, 0.5) is 17.6 Å². The number of carboxylic acid groups (broad SMARTS) is 4. The second-order valence-corrected chi connectivity index (χ2v) is 11.2. The Bertz CT molecular complexity index is 1840. The van der Waals surface area contributed by atoms with Crippen LogP contribution in [-0.2, 0) is 0 Å². The van der Waals surface area contributed by atoms with E-state index in [4.69, 9.17) is 0 Å². The van der Waals surface area contributed by atoms with Crippen molar-refractivity contribution < 1.29 is 67.4 Å². The molecule has 6 atom stereocenters. The molecule has 1 aliphatic carbocycles. The van der Waals surface area contributed by atoms with Crippen LogP contribution in [0.5, 0.6) is 0 Å². The lowest BCUT2D eigenvalue weighted by molar-refractivity contribution is -0.0522. The minimum absolute atomic E-state index is 0.539. The van der Waals surface area contributed by atoms with Gasteiger partial charge in [0.2, 0.25) is 0 Å². The molecule has 14 heteroatoms. The third-order valence-corrected chi connectivity index (χ3v) is 8.66. The molecule has 0 spiro atoms. The van der Waals surface area contributed by atoms with E-state index in [1.165, 1.54) is 0 Å². The van der Waals surface area contributed by atoms with Crippen LogP contribution in [-0.4, -0.2) is 66.7 Å². The number of benzene rings is 4. The van der Waals surface area contributed by atoms with Gasteiger partial charge < -0.3 is 30.6 Å². The smallest absolute Gasteiger partial charge is 0.335 e. The third kappa shape index (κ3) is 5.98. The maximum absolute atomic E-state index is 15.0. The Kier molecular flexibility index (Phi) is 9.07. The number of aliphatic hydroxyl groups is 2. The normalized spacial score (nSPS) is 22.2. The molecule has 0 amide bonds. The van der Waals surface area contributed by atoms with E-state index in [0.29, 0.717) is 24.3 Å². The van der Waals surface area contributed by atoms with Crippen molar-refractivity contribution in [2.24, 2.45) is 0 Å². The molecule has 0 unspecified atom stereocenters. The van der Waals surface area contributed by atoms with Crippen molar-refractivity contribution in [2.75, 3.05) is 0 Å². The van der Waals surface area contributed by atoms with Crippen molar-refractivity contribution in [1.29, 1.82) is 0 Å². The van der Waals surface area contributed by atoms with Crippen molar-refractivity contribution in [2.45, 2.75) is 35.9 Å². The molecule has 4 aromatic rings. The molecule has 6 N–H and O–H groups in total. The molecule has 48 heavy (non-hydrogen) atoms. The number of carboxylic acids is 4. The highest BCUT2D eigenvalue weighted by Gasteiger charge is 2.54. The second kappa shape index (κ2) is 12.9. The second-order valence-electron chi connectivity index (χ2n) is 11.2. The zero-order valence-electron chi connectivity index (χ0n) is 24.2. The summed E-state index contributed by atoms with van der Waals surface area (Å²) < 4.78 is 59.8. The van der Waals surface area contributed by atoms with Crippen LogP contribution >= 0.6 is 0 Å². The van der Waals surface area contributed by atoms with Crippen molar-refractivity contribution in [3.05, 3.63) is 141 Å². The average molecular weight is 669 g/mol. The largest absolute Gasteiger partial charge is 0.478 e. The lowest BCUT2D eigenvalue weighted by Crippen LogP contribution is -2.50. The maximum atomic E-state index is 15.0. The highest BCUT2D eigenvalue weighted by Crippen LogP contribution is 2.59. The molecule has 0 heterocycles. The molecule has 1 saturated carbocycles. The number of halogens is 4. The highest BCUT2D eigenvalue weighted by atomic mass is 19.1. The predicted molar refractivity (Wildman–Crippen MR) is 156 cm³/mol. The van der Waals surface area contributed by atoms with Gasteiger partial charge in [-0.2, -0.15) is 0 Å². The van der Waals surface area contributed by atoms with Gasteiger partial charge >= 0.3 is 23.9 Å². The van der Waals surface area contributed by atoms with Gasteiger partial charge in [0, 0.05) is 23.7 Å². The molecular weight excluding hydrogens is 644 g/mol. The van der Waals surface area contributed by atoms with Gasteiger partial charge in [0.25, 0.3) is 0 Å². The molecule has 1 aliphatic rings. The lowest BCUT2D eigenvalue weighted by atomic mass is 9.55. The van der Waals surface area contributed by atoms with E-state index < -0.39 is 128 Å². The topological polar surface area (TPSA) is 190 Å². The van der Waals surface area contributed by atoms with E-state index in [0.717, 1.165) is 48.5 Å². The van der Waals surface area contributed by atoms with E-state index in [9.17, 15) is 58.6 Å². The molecule has 1 fully saturated rings. The van der Waals surface area contributed by atoms with Crippen molar-refractivity contribution in [3.8, 4) is 0 Å². The summed E-state index contributed by atoms with van der Waals surface area (Å²) >= 11 is 0. The molecule has 0 aliphatic heterocycles. The predicted octanol–water partition coefficient (Wildman–Crippen LogP) is 5.21. The first-order valence-electron chi connectivity index (χ1n) is 14.1. The van der Waals surface area contributed by atoms with Crippen LogP contribution in [0.1, 0.15) is 87.4 Å². The molecule has 4 aromatic carbocycles. The fraction of sp³-hybridized carbons (Fsp3) is 0.176. The van der Waals surface area contributed by atoms with Gasteiger partial charge in [0.1, 0.15) is 23.3 Å². The standard InChI is InChI=1S/C34H24F4O10/c35-13-1-5-17(31(41)42)21(9-13)25-26(22-10-14(36)2-6-18(22)32(43)44)28(24-12-16(38)4-8-20(24)34(47)48)30(40)29(39)27(25)23-11-15(37)3-7-19(23)33(45)46/h1-12,25-30,39-40H,(H,41,42)(H,43,44)(H,45,46)(H,47,48)/t25-,26+,27-,28+,29-,30+. The molecule has 0 bridgehead atoms. The summed E-state index contributed by atoms with van der Waals surface area (Å²) in [7, 11) is 0. The summed E-state index contributed by atoms with van der Waals surface area (Å²) in [6, 6.07) is 8.99. The molecule has 248 valence electrons. The van der Waals surface area contributed by atoms with Crippen LogP contribution in [0.15, 0.2) is 72.8 Å². The fourth-order valence-corrected chi connectivity index (χ4v) is 6.84. The van der Waals surface area contributed by atoms with Crippen molar-refractivity contribution >= 4 is 23.9 Å². The van der Waals surface area contributed by atoms with E-state index in [2.05, 4.69) is 0 Å². The first-order valence-corrected chi connectivity index (χ1v) is 14.1.